The molecular weight excluding hydrogens is 412 g/mol. The first-order valence-electron chi connectivity index (χ1n) is 6.55. The van der Waals surface area contributed by atoms with Gasteiger partial charge in [-0.15, -0.1) is 0 Å². The molecular formula is C16H16MoN2O6-6. The number of hydrogen-bond acceptors (Lipinski definition) is 4. The average Bonchev–Trinajstić information content (AvgIpc) is 2.57. The van der Waals surface area contributed by atoms with Crippen molar-refractivity contribution in [1.82, 2.24) is 11.0 Å². The SMILES string of the molecule is O=C(Cc1ccccc1)N[O-].O=C(Cc1ccccc1)N[O-].[Mo].[O-2].[O-2]. The monoisotopic (exact) mass is 430 g/mol. The van der Waals surface area contributed by atoms with E-state index < -0.39 is 11.8 Å². The number of hydrogen-bond donors (Lipinski definition) is 2. The Morgan fingerprint density at radius 1 is 0.680 bits per heavy atom. The zero-order valence-electron chi connectivity index (χ0n) is 13.0. The summed E-state index contributed by atoms with van der Waals surface area (Å²) < 4.78 is 0. The molecule has 0 heterocycles. The zero-order valence-corrected chi connectivity index (χ0v) is 15.1. The average molecular weight is 428 g/mol. The molecule has 0 aliphatic rings. The summed E-state index contributed by atoms with van der Waals surface area (Å²) in [4.78, 5) is 21.1. The van der Waals surface area contributed by atoms with E-state index in [2.05, 4.69) is 0 Å². The fraction of sp³-hybridized carbons (Fsp3) is 0.125. The largest absolute Gasteiger partial charge is 2.00 e. The molecule has 2 amide bonds. The van der Waals surface area contributed by atoms with Gasteiger partial charge in [0.15, 0.2) is 0 Å². The molecule has 0 radical (unpaired) electrons. The van der Waals surface area contributed by atoms with Crippen molar-refractivity contribution < 1.29 is 41.6 Å². The molecule has 8 nitrogen and oxygen atoms in total. The topological polar surface area (TPSA) is 161 Å². The number of rotatable bonds is 4. The van der Waals surface area contributed by atoms with Gasteiger partial charge in [0.2, 0.25) is 11.8 Å². The minimum atomic E-state index is -0.504. The summed E-state index contributed by atoms with van der Waals surface area (Å²) in [6.45, 7) is 0. The van der Waals surface area contributed by atoms with Crippen LogP contribution in [0.4, 0.5) is 0 Å². The minimum Gasteiger partial charge on any atom is -2.00 e. The van der Waals surface area contributed by atoms with Crippen LogP contribution in [0.1, 0.15) is 11.1 Å². The van der Waals surface area contributed by atoms with Gasteiger partial charge in [-0.1, -0.05) is 60.7 Å². The summed E-state index contributed by atoms with van der Waals surface area (Å²) in [5.41, 5.74) is 4.35. The first-order chi connectivity index (χ1) is 10.7. The minimum absolute atomic E-state index is 0. The van der Waals surface area contributed by atoms with Gasteiger partial charge in [-0.3, -0.25) is 9.59 Å². The molecule has 2 aromatic rings. The molecule has 9 heteroatoms. The van der Waals surface area contributed by atoms with Crippen LogP contribution in [0.15, 0.2) is 60.7 Å². The van der Waals surface area contributed by atoms with Crippen LogP contribution in [-0.2, 0) is 54.4 Å². The number of carbonyl (C=O) groups is 2. The van der Waals surface area contributed by atoms with Gasteiger partial charge in [0.1, 0.15) is 0 Å². The van der Waals surface area contributed by atoms with Gasteiger partial charge >= 0.3 is 0 Å². The van der Waals surface area contributed by atoms with E-state index in [1.54, 1.807) is 24.3 Å². The summed E-state index contributed by atoms with van der Waals surface area (Å²) >= 11 is 0. The van der Waals surface area contributed by atoms with Gasteiger partial charge in [0.25, 0.3) is 0 Å². The normalized spacial score (nSPS) is 8.08. The van der Waals surface area contributed by atoms with E-state index in [0.29, 0.717) is 0 Å². The Hall–Kier alpha value is -2.09. The van der Waals surface area contributed by atoms with Crippen LogP contribution in [0.25, 0.3) is 0 Å². The van der Waals surface area contributed by atoms with Crippen molar-refractivity contribution in [2.75, 3.05) is 0 Å². The molecule has 2 rings (SSSR count). The molecule has 0 atom stereocenters. The Morgan fingerprint density at radius 3 is 1.20 bits per heavy atom. The molecule has 0 aromatic heterocycles. The molecule has 2 N–H and O–H groups in total. The van der Waals surface area contributed by atoms with Crippen molar-refractivity contribution in [2.45, 2.75) is 12.8 Å². The predicted octanol–water partition coefficient (Wildman–Crippen LogP) is 1.45. The first kappa shape index (κ1) is 27.7. The summed E-state index contributed by atoms with van der Waals surface area (Å²) in [6, 6.07) is 18.2. The molecule has 0 saturated carbocycles. The molecule has 0 fully saturated rings. The van der Waals surface area contributed by atoms with Crippen molar-refractivity contribution in [1.29, 1.82) is 0 Å². The Morgan fingerprint density at radius 2 is 0.960 bits per heavy atom. The smallest absolute Gasteiger partial charge is 0.213 e. The number of benzene rings is 2. The molecule has 138 valence electrons. The number of amides is 2. The summed E-state index contributed by atoms with van der Waals surface area (Å²) in [5, 5.41) is 19.7. The third-order valence-corrected chi connectivity index (χ3v) is 2.64. The van der Waals surface area contributed by atoms with Crippen LogP contribution in [0.3, 0.4) is 0 Å². The fourth-order valence-electron chi connectivity index (χ4n) is 1.63. The van der Waals surface area contributed by atoms with Gasteiger partial charge < -0.3 is 32.3 Å². The maximum atomic E-state index is 10.6. The third-order valence-electron chi connectivity index (χ3n) is 2.64. The van der Waals surface area contributed by atoms with Crippen LogP contribution in [0, 0.1) is 10.4 Å². The molecule has 0 aliphatic heterocycles. The summed E-state index contributed by atoms with van der Waals surface area (Å²) in [5.74, 6) is -1.01. The van der Waals surface area contributed by atoms with Crippen LogP contribution in [-0.4, -0.2) is 11.8 Å². The standard InChI is InChI=1S/2C8H8NO2.Mo.2O/c2*10-8(9-11)6-7-4-2-1-3-5-7;;;/h2*1-5H,6H2,(H-,9,10,11);;;/q2*-1;;2*-2. The van der Waals surface area contributed by atoms with Crippen LogP contribution >= 0.6 is 0 Å². The maximum absolute atomic E-state index is 10.6. The summed E-state index contributed by atoms with van der Waals surface area (Å²) in [6.07, 6.45) is 0.314. The van der Waals surface area contributed by atoms with E-state index in [4.69, 9.17) is 0 Å². The van der Waals surface area contributed by atoms with Crippen molar-refractivity contribution >= 4 is 11.8 Å². The van der Waals surface area contributed by atoms with Gasteiger partial charge in [-0.05, 0) is 11.1 Å². The van der Waals surface area contributed by atoms with Gasteiger partial charge in [-0.2, -0.15) is 0 Å². The Labute approximate surface area is 159 Å². The van der Waals surface area contributed by atoms with Gasteiger partial charge in [0, 0.05) is 21.1 Å². The van der Waals surface area contributed by atoms with Crippen LogP contribution < -0.4 is 11.0 Å². The number of carbonyl (C=O) groups excluding carboxylic acids is 2. The molecule has 0 unspecified atom stereocenters. The van der Waals surface area contributed by atoms with Crippen molar-refractivity contribution in [2.24, 2.45) is 0 Å². The third kappa shape index (κ3) is 12.9. The second-order valence-electron chi connectivity index (χ2n) is 4.38. The van der Waals surface area contributed by atoms with E-state index in [-0.39, 0.29) is 44.9 Å². The van der Waals surface area contributed by atoms with Crippen molar-refractivity contribution in [3.8, 4) is 0 Å². The van der Waals surface area contributed by atoms with Crippen LogP contribution in [0.2, 0.25) is 0 Å². The first-order valence-corrected chi connectivity index (χ1v) is 6.55. The molecule has 0 bridgehead atoms. The van der Waals surface area contributed by atoms with Crippen LogP contribution in [0.5, 0.6) is 0 Å². The molecule has 0 spiro atoms. The predicted molar refractivity (Wildman–Crippen MR) is 84.7 cm³/mol. The Bertz CT molecular complexity index is 530. The fourth-order valence-corrected chi connectivity index (χ4v) is 1.63. The second kappa shape index (κ2) is 16.8. The van der Waals surface area contributed by atoms with E-state index in [1.165, 1.54) is 11.0 Å². The number of hydroxylamine groups is 2. The Balaban J connectivity index is -0.000000346. The van der Waals surface area contributed by atoms with E-state index in [1.807, 2.05) is 36.4 Å². The van der Waals surface area contributed by atoms with E-state index in [9.17, 15) is 20.0 Å². The van der Waals surface area contributed by atoms with Crippen molar-refractivity contribution in [3.63, 3.8) is 0 Å². The zero-order chi connectivity index (χ0) is 16.2. The quantitative estimate of drug-likeness (QED) is 0.557. The molecule has 0 saturated heterocycles. The molecule has 25 heavy (non-hydrogen) atoms. The number of nitrogens with one attached hydrogen (secondary N) is 2. The van der Waals surface area contributed by atoms with Gasteiger partial charge in [-0.25, -0.2) is 0 Å². The Kier molecular flexibility index (Phi) is 18.6. The molecule has 2 aromatic carbocycles. The van der Waals surface area contributed by atoms with E-state index in [0.717, 1.165) is 11.1 Å². The van der Waals surface area contributed by atoms with Gasteiger partial charge in [0.05, 0.1) is 12.8 Å². The molecule has 0 aliphatic carbocycles. The maximum Gasteiger partial charge on any atom is 0.213 e. The second-order valence-corrected chi connectivity index (χ2v) is 4.38. The summed E-state index contributed by atoms with van der Waals surface area (Å²) in [7, 11) is 0. The van der Waals surface area contributed by atoms with E-state index >= 15 is 0 Å². The van der Waals surface area contributed by atoms with Crippen molar-refractivity contribution in [3.05, 3.63) is 82.2 Å².